The van der Waals surface area contributed by atoms with Crippen molar-refractivity contribution in [2.24, 2.45) is 0 Å². The number of carbonyl (C=O) groups excluding carboxylic acids is 1. The summed E-state index contributed by atoms with van der Waals surface area (Å²) in [7, 11) is 0. The van der Waals surface area contributed by atoms with Crippen LogP contribution in [-0.2, 0) is 11.3 Å². The largest absolute Gasteiger partial charge is 0.454 e. The minimum Gasteiger partial charge on any atom is -0.454 e. The molecule has 0 spiro atoms. The SMILES string of the molecule is O=C(NCc1ccnc([C@H]2CCCOC2)n1)c1ccc2c(c1)OCO2. The molecule has 0 bridgehead atoms. The van der Waals surface area contributed by atoms with Gasteiger partial charge >= 0.3 is 0 Å². The van der Waals surface area contributed by atoms with Gasteiger partial charge in [0, 0.05) is 24.3 Å². The highest BCUT2D eigenvalue weighted by Crippen LogP contribution is 2.32. The minimum absolute atomic E-state index is 0.181. The summed E-state index contributed by atoms with van der Waals surface area (Å²) < 4.78 is 16.0. The molecule has 1 N–H and O–H groups in total. The summed E-state index contributed by atoms with van der Waals surface area (Å²) in [5, 5.41) is 2.88. The van der Waals surface area contributed by atoms with Gasteiger partial charge in [0.15, 0.2) is 11.5 Å². The molecular formula is C18H19N3O4. The molecule has 0 unspecified atom stereocenters. The number of fused-ring (bicyclic) bond motifs is 1. The summed E-state index contributed by atoms with van der Waals surface area (Å²) in [5.74, 6) is 2.09. The minimum atomic E-state index is -0.181. The highest BCUT2D eigenvalue weighted by Gasteiger charge is 2.19. The topological polar surface area (TPSA) is 82.6 Å². The van der Waals surface area contributed by atoms with Crippen LogP contribution in [0.2, 0.25) is 0 Å². The highest BCUT2D eigenvalue weighted by molar-refractivity contribution is 5.94. The van der Waals surface area contributed by atoms with Crippen LogP contribution < -0.4 is 14.8 Å². The molecular weight excluding hydrogens is 322 g/mol. The molecule has 2 aliphatic heterocycles. The van der Waals surface area contributed by atoms with E-state index >= 15 is 0 Å². The molecule has 2 aromatic rings. The van der Waals surface area contributed by atoms with E-state index in [1.165, 1.54) is 0 Å². The number of benzene rings is 1. The second kappa shape index (κ2) is 7.06. The Morgan fingerprint density at radius 3 is 3.04 bits per heavy atom. The quantitative estimate of drug-likeness (QED) is 0.916. The van der Waals surface area contributed by atoms with Gasteiger partial charge in [0.05, 0.1) is 18.8 Å². The molecule has 3 heterocycles. The zero-order valence-corrected chi connectivity index (χ0v) is 13.7. The van der Waals surface area contributed by atoms with Crippen LogP contribution in [-0.4, -0.2) is 35.9 Å². The van der Waals surface area contributed by atoms with Crippen LogP contribution in [0.3, 0.4) is 0 Å². The molecule has 1 fully saturated rings. The van der Waals surface area contributed by atoms with Crippen molar-refractivity contribution in [1.82, 2.24) is 15.3 Å². The maximum Gasteiger partial charge on any atom is 0.251 e. The summed E-state index contributed by atoms with van der Waals surface area (Å²) in [6, 6.07) is 6.95. The number of ether oxygens (including phenoxy) is 3. The molecule has 4 rings (SSSR count). The number of hydrogen-bond donors (Lipinski definition) is 1. The van der Waals surface area contributed by atoms with Gasteiger partial charge in [-0.05, 0) is 37.1 Å². The van der Waals surface area contributed by atoms with E-state index < -0.39 is 0 Å². The van der Waals surface area contributed by atoms with Crippen molar-refractivity contribution < 1.29 is 19.0 Å². The Labute approximate surface area is 145 Å². The van der Waals surface area contributed by atoms with Gasteiger partial charge in [0.25, 0.3) is 5.91 Å². The molecule has 1 amide bonds. The molecule has 130 valence electrons. The number of nitrogens with one attached hydrogen (secondary N) is 1. The smallest absolute Gasteiger partial charge is 0.251 e. The first-order valence-corrected chi connectivity index (χ1v) is 8.37. The normalized spacial score (nSPS) is 18.8. The summed E-state index contributed by atoms with van der Waals surface area (Å²) in [4.78, 5) is 21.3. The molecule has 0 radical (unpaired) electrons. The lowest BCUT2D eigenvalue weighted by atomic mass is 10.0. The van der Waals surface area contributed by atoms with E-state index in [1.807, 2.05) is 6.07 Å². The average molecular weight is 341 g/mol. The number of aromatic nitrogens is 2. The van der Waals surface area contributed by atoms with E-state index in [1.54, 1.807) is 24.4 Å². The van der Waals surface area contributed by atoms with Crippen molar-refractivity contribution in [1.29, 1.82) is 0 Å². The number of hydrogen-bond acceptors (Lipinski definition) is 6. The molecule has 1 atom stereocenters. The second-order valence-electron chi connectivity index (χ2n) is 6.07. The Balaban J connectivity index is 1.40. The van der Waals surface area contributed by atoms with Crippen LogP contribution >= 0.6 is 0 Å². The van der Waals surface area contributed by atoms with Gasteiger partial charge in [-0.3, -0.25) is 4.79 Å². The van der Waals surface area contributed by atoms with E-state index in [4.69, 9.17) is 14.2 Å². The fraction of sp³-hybridized carbons (Fsp3) is 0.389. The predicted octanol–water partition coefficient (Wildman–Crippen LogP) is 2.03. The number of amides is 1. The molecule has 7 nitrogen and oxygen atoms in total. The van der Waals surface area contributed by atoms with Crippen LogP contribution in [0.5, 0.6) is 11.5 Å². The van der Waals surface area contributed by atoms with Gasteiger partial charge in [0.2, 0.25) is 6.79 Å². The van der Waals surface area contributed by atoms with E-state index in [0.29, 0.717) is 30.2 Å². The van der Waals surface area contributed by atoms with Crippen molar-refractivity contribution in [3.05, 3.63) is 47.5 Å². The third-order valence-corrected chi connectivity index (χ3v) is 4.32. The van der Waals surface area contributed by atoms with E-state index in [2.05, 4.69) is 15.3 Å². The lowest BCUT2D eigenvalue weighted by Crippen LogP contribution is -2.24. The van der Waals surface area contributed by atoms with E-state index in [9.17, 15) is 4.79 Å². The van der Waals surface area contributed by atoms with Gasteiger partial charge in [-0.2, -0.15) is 0 Å². The van der Waals surface area contributed by atoms with Crippen molar-refractivity contribution in [2.75, 3.05) is 20.0 Å². The zero-order valence-electron chi connectivity index (χ0n) is 13.7. The van der Waals surface area contributed by atoms with Gasteiger partial charge in [-0.25, -0.2) is 9.97 Å². The third-order valence-electron chi connectivity index (χ3n) is 4.32. The Kier molecular flexibility index (Phi) is 4.47. The second-order valence-corrected chi connectivity index (χ2v) is 6.07. The fourth-order valence-corrected chi connectivity index (χ4v) is 2.96. The van der Waals surface area contributed by atoms with Crippen LogP contribution in [0.15, 0.2) is 30.5 Å². The van der Waals surface area contributed by atoms with Gasteiger partial charge in [-0.1, -0.05) is 0 Å². The van der Waals surface area contributed by atoms with Crippen LogP contribution in [0.4, 0.5) is 0 Å². The number of nitrogens with zero attached hydrogens (tertiary/aromatic N) is 2. The van der Waals surface area contributed by atoms with Crippen LogP contribution in [0.1, 0.15) is 40.6 Å². The predicted molar refractivity (Wildman–Crippen MR) is 88.6 cm³/mol. The fourth-order valence-electron chi connectivity index (χ4n) is 2.96. The van der Waals surface area contributed by atoms with E-state index in [0.717, 1.165) is 31.0 Å². The van der Waals surface area contributed by atoms with Crippen molar-refractivity contribution >= 4 is 5.91 Å². The van der Waals surface area contributed by atoms with Crippen molar-refractivity contribution in [2.45, 2.75) is 25.3 Å². The summed E-state index contributed by atoms with van der Waals surface area (Å²) in [6.45, 7) is 2.00. The molecule has 2 aliphatic rings. The lowest BCUT2D eigenvalue weighted by Gasteiger charge is -2.20. The first kappa shape index (κ1) is 15.8. The monoisotopic (exact) mass is 341 g/mol. The molecule has 1 saturated heterocycles. The maximum atomic E-state index is 12.3. The highest BCUT2D eigenvalue weighted by atomic mass is 16.7. The van der Waals surface area contributed by atoms with Crippen LogP contribution in [0.25, 0.3) is 0 Å². The van der Waals surface area contributed by atoms with Crippen LogP contribution in [0, 0.1) is 0 Å². The maximum absolute atomic E-state index is 12.3. The summed E-state index contributed by atoms with van der Waals surface area (Å²) in [6.07, 6.45) is 3.80. The molecule has 0 aliphatic carbocycles. The molecule has 0 saturated carbocycles. The Morgan fingerprint density at radius 1 is 1.24 bits per heavy atom. The molecule has 25 heavy (non-hydrogen) atoms. The van der Waals surface area contributed by atoms with Gasteiger partial charge in [0.1, 0.15) is 5.82 Å². The Morgan fingerprint density at radius 2 is 2.16 bits per heavy atom. The van der Waals surface area contributed by atoms with E-state index in [-0.39, 0.29) is 18.6 Å². The molecule has 1 aromatic heterocycles. The first-order valence-electron chi connectivity index (χ1n) is 8.37. The van der Waals surface area contributed by atoms with Gasteiger partial charge in [-0.15, -0.1) is 0 Å². The van der Waals surface area contributed by atoms with Crippen molar-refractivity contribution in [3.63, 3.8) is 0 Å². The average Bonchev–Trinajstić information content (AvgIpc) is 3.15. The lowest BCUT2D eigenvalue weighted by molar-refractivity contribution is 0.0779. The third kappa shape index (κ3) is 3.56. The summed E-state index contributed by atoms with van der Waals surface area (Å²) in [5.41, 5.74) is 1.31. The van der Waals surface area contributed by atoms with Gasteiger partial charge < -0.3 is 19.5 Å². The Hall–Kier alpha value is -2.67. The molecule has 1 aromatic carbocycles. The Bertz CT molecular complexity index is 775. The standard InChI is InChI=1S/C18H19N3O4/c22-18(12-3-4-15-16(8-12)25-11-24-15)20-9-14-5-6-19-17(21-14)13-2-1-7-23-10-13/h3-6,8,13H,1-2,7,9-11H2,(H,20,22)/t13-/m0/s1. The zero-order chi connectivity index (χ0) is 17.1. The molecule has 7 heteroatoms. The first-order chi connectivity index (χ1) is 12.3. The van der Waals surface area contributed by atoms with Crippen molar-refractivity contribution in [3.8, 4) is 11.5 Å². The number of rotatable bonds is 4. The number of carbonyl (C=O) groups is 1. The summed E-state index contributed by atoms with van der Waals surface area (Å²) >= 11 is 0.